The molecular formula is C10H14NO2S. The number of rotatable bonds is 3. The first-order chi connectivity index (χ1) is 6.45. The molecule has 0 saturated carbocycles. The van der Waals surface area contributed by atoms with Crippen molar-refractivity contribution in [3.63, 3.8) is 0 Å². The standard InChI is InChI=1S/C10H14NO2S/c1-3-10(14(11,12)13)9-6-4-8(2)5-7-9/h4-7,10H,1,3H2,2H3,(H2,11,12,13). The quantitative estimate of drug-likeness (QED) is 0.826. The fourth-order valence-electron chi connectivity index (χ4n) is 1.30. The van der Waals surface area contributed by atoms with Crippen LogP contribution in [-0.2, 0) is 10.0 Å². The summed E-state index contributed by atoms with van der Waals surface area (Å²) in [4.78, 5) is 0. The van der Waals surface area contributed by atoms with Crippen molar-refractivity contribution in [3.05, 3.63) is 42.3 Å². The molecule has 1 radical (unpaired) electrons. The smallest absolute Gasteiger partial charge is 0.216 e. The monoisotopic (exact) mass is 212 g/mol. The molecule has 1 rings (SSSR count). The Balaban J connectivity index is 3.08. The Morgan fingerprint density at radius 3 is 2.21 bits per heavy atom. The van der Waals surface area contributed by atoms with E-state index in [1.807, 2.05) is 19.1 Å². The molecule has 77 valence electrons. The van der Waals surface area contributed by atoms with Gasteiger partial charge in [0, 0.05) is 0 Å². The van der Waals surface area contributed by atoms with Crippen molar-refractivity contribution in [1.29, 1.82) is 0 Å². The molecule has 0 aliphatic carbocycles. The van der Waals surface area contributed by atoms with Gasteiger partial charge in [0.15, 0.2) is 0 Å². The predicted molar refractivity (Wildman–Crippen MR) is 57.0 cm³/mol. The molecule has 0 aromatic heterocycles. The Morgan fingerprint density at radius 1 is 1.36 bits per heavy atom. The van der Waals surface area contributed by atoms with E-state index in [-0.39, 0.29) is 6.42 Å². The molecule has 0 bridgehead atoms. The van der Waals surface area contributed by atoms with Crippen molar-refractivity contribution in [3.8, 4) is 0 Å². The van der Waals surface area contributed by atoms with E-state index in [1.165, 1.54) is 0 Å². The lowest BCUT2D eigenvalue weighted by Gasteiger charge is -2.12. The summed E-state index contributed by atoms with van der Waals surface area (Å²) >= 11 is 0. The van der Waals surface area contributed by atoms with E-state index >= 15 is 0 Å². The summed E-state index contributed by atoms with van der Waals surface area (Å²) in [6.45, 7) is 5.54. The highest BCUT2D eigenvalue weighted by molar-refractivity contribution is 7.89. The zero-order chi connectivity index (χ0) is 10.8. The number of hydrogen-bond donors (Lipinski definition) is 1. The number of benzene rings is 1. The third-order valence-corrected chi connectivity index (χ3v) is 3.41. The summed E-state index contributed by atoms with van der Waals surface area (Å²) in [5, 5.41) is 4.40. The van der Waals surface area contributed by atoms with Crippen LogP contribution in [0.3, 0.4) is 0 Å². The molecule has 0 amide bonds. The highest BCUT2D eigenvalue weighted by Crippen LogP contribution is 2.23. The summed E-state index contributed by atoms with van der Waals surface area (Å²) in [7, 11) is -3.54. The fourth-order valence-corrected chi connectivity index (χ4v) is 2.17. The maximum absolute atomic E-state index is 11.2. The molecule has 0 aliphatic heterocycles. The average Bonchev–Trinajstić information content (AvgIpc) is 2.07. The minimum Gasteiger partial charge on any atom is -0.228 e. The largest absolute Gasteiger partial charge is 0.228 e. The lowest BCUT2D eigenvalue weighted by molar-refractivity contribution is 0.583. The van der Waals surface area contributed by atoms with E-state index in [0.29, 0.717) is 5.56 Å². The summed E-state index contributed by atoms with van der Waals surface area (Å²) in [5.41, 5.74) is 1.79. The van der Waals surface area contributed by atoms with Gasteiger partial charge in [0.2, 0.25) is 10.0 Å². The van der Waals surface area contributed by atoms with Gasteiger partial charge in [0.25, 0.3) is 0 Å². The van der Waals surface area contributed by atoms with Crippen molar-refractivity contribution < 1.29 is 8.42 Å². The first-order valence-electron chi connectivity index (χ1n) is 4.32. The Bertz CT molecular complexity index is 395. The molecule has 0 spiro atoms. The van der Waals surface area contributed by atoms with E-state index in [4.69, 9.17) is 5.14 Å². The molecule has 2 N–H and O–H groups in total. The van der Waals surface area contributed by atoms with Gasteiger partial charge in [-0.15, -0.1) is 0 Å². The molecule has 0 aliphatic rings. The summed E-state index contributed by atoms with van der Waals surface area (Å²) in [5.74, 6) is 0. The highest BCUT2D eigenvalue weighted by Gasteiger charge is 2.20. The van der Waals surface area contributed by atoms with Gasteiger partial charge in [-0.3, -0.25) is 0 Å². The number of hydrogen-bond acceptors (Lipinski definition) is 2. The van der Waals surface area contributed by atoms with E-state index in [2.05, 4.69) is 6.92 Å². The SMILES string of the molecule is [CH2]CC(c1ccc(C)cc1)S(N)(=O)=O. The Hall–Kier alpha value is -0.870. The lowest BCUT2D eigenvalue weighted by Crippen LogP contribution is -2.21. The van der Waals surface area contributed by atoms with Gasteiger partial charge in [-0.25, -0.2) is 13.6 Å². The van der Waals surface area contributed by atoms with E-state index in [9.17, 15) is 8.42 Å². The van der Waals surface area contributed by atoms with Crippen molar-refractivity contribution in [2.24, 2.45) is 5.14 Å². The molecule has 14 heavy (non-hydrogen) atoms. The number of nitrogens with two attached hydrogens (primary N) is 1. The van der Waals surface area contributed by atoms with Gasteiger partial charge in [0.1, 0.15) is 5.25 Å². The van der Waals surface area contributed by atoms with Crippen LogP contribution in [0.15, 0.2) is 24.3 Å². The minimum absolute atomic E-state index is 0.252. The predicted octanol–water partition coefficient (Wildman–Crippen LogP) is 1.55. The van der Waals surface area contributed by atoms with Crippen molar-refractivity contribution >= 4 is 10.0 Å². The lowest BCUT2D eigenvalue weighted by atomic mass is 10.1. The second-order valence-corrected chi connectivity index (χ2v) is 5.02. The Morgan fingerprint density at radius 2 is 1.86 bits per heavy atom. The van der Waals surface area contributed by atoms with Gasteiger partial charge in [-0.1, -0.05) is 36.8 Å². The van der Waals surface area contributed by atoms with E-state index < -0.39 is 15.3 Å². The molecule has 1 aromatic carbocycles. The van der Waals surface area contributed by atoms with E-state index in [1.54, 1.807) is 12.1 Å². The maximum Gasteiger partial charge on any atom is 0.216 e. The van der Waals surface area contributed by atoms with Gasteiger partial charge >= 0.3 is 0 Å². The molecule has 3 nitrogen and oxygen atoms in total. The van der Waals surface area contributed by atoms with Crippen LogP contribution in [-0.4, -0.2) is 8.42 Å². The molecule has 1 aromatic rings. The zero-order valence-electron chi connectivity index (χ0n) is 8.10. The van der Waals surface area contributed by atoms with Gasteiger partial charge in [-0.05, 0) is 18.9 Å². The van der Waals surface area contributed by atoms with Crippen LogP contribution in [0.25, 0.3) is 0 Å². The number of primary sulfonamides is 1. The average molecular weight is 212 g/mol. The number of aryl methyl sites for hydroxylation is 1. The molecule has 1 unspecified atom stereocenters. The summed E-state index contributed by atoms with van der Waals surface area (Å²) in [6, 6.07) is 7.28. The maximum atomic E-state index is 11.2. The summed E-state index contributed by atoms with van der Waals surface area (Å²) in [6.07, 6.45) is 0.252. The molecule has 1 atom stereocenters. The van der Waals surface area contributed by atoms with Crippen LogP contribution in [0, 0.1) is 13.8 Å². The molecule has 0 fully saturated rings. The molecule has 0 saturated heterocycles. The van der Waals surface area contributed by atoms with Crippen LogP contribution >= 0.6 is 0 Å². The van der Waals surface area contributed by atoms with Crippen LogP contribution < -0.4 is 5.14 Å². The Labute approximate surface area is 85.0 Å². The van der Waals surface area contributed by atoms with Crippen LogP contribution in [0.2, 0.25) is 0 Å². The van der Waals surface area contributed by atoms with Crippen molar-refractivity contribution in [2.45, 2.75) is 18.6 Å². The fraction of sp³-hybridized carbons (Fsp3) is 0.300. The van der Waals surface area contributed by atoms with Gasteiger partial charge < -0.3 is 0 Å². The zero-order valence-corrected chi connectivity index (χ0v) is 8.92. The third-order valence-electron chi connectivity index (χ3n) is 2.11. The van der Waals surface area contributed by atoms with Gasteiger partial charge in [-0.2, -0.15) is 0 Å². The van der Waals surface area contributed by atoms with E-state index in [0.717, 1.165) is 5.56 Å². The van der Waals surface area contributed by atoms with Crippen molar-refractivity contribution in [2.75, 3.05) is 0 Å². The van der Waals surface area contributed by atoms with Crippen LogP contribution in [0.1, 0.15) is 22.8 Å². The molecule has 4 heteroatoms. The number of sulfonamides is 1. The minimum atomic E-state index is -3.54. The molecular weight excluding hydrogens is 198 g/mol. The summed E-state index contributed by atoms with van der Waals surface area (Å²) < 4.78 is 22.4. The third kappa shape index (κ3) is 2.56. The van der Waals surface area contributed by atoms with Gasteiger partial charge in [0.05, 0.1) is 0 Å². The highest BCUT2D eigenvalue weighted by atomic mass is 32.2. The second-order valence-electron chi connectivity index (χ2n) is 3.28. The Kier molecular flexibility index (Phi) is 3.29. The van der Waals surface area contributed by atoms with Crippen molar-refractivity contribution in [1.82, 2.24) is 0 Å². The van der Waals surface area contributed by atoms with Crippen LogP contribution in [0.4, 0.5) is 0 Å². The first kappa shape index (κ1) is 11.2. The normalized spacial score (nSPS) is 13.9. The van der Waals surface area contributed by atoms with Crippen LogP contribution in [0.5, 0.6) is 0 Å². The molecule has 0 heterocycles. The topological polar surface area (TPSA) is 60.2 Å². The second kappa shape index (κ2) is 4.11. The first-order valence-corrected chi connectivity index (χ1v) is 5.93.